The number of benzene rings is 1. The summed E-state index contributed by atoms with van der Waals surface area (Å²) in [7, 11) is 0. The highest BCUT2D eigenvalue weighted by atomic mass is 79.9. The lowest BCUT2D eigenvalue weighted by atomic mass is 9.89. The Kier molecular flexibility index (Phi) is 4.41. The van der Waals surface area contributed by atoms with Gasteiger partial charge in [0.1, 0.15) is 16.4 Å². The SMILES string of the molecule is CCOc1ccc(Br)cc1-c1nc2sc3c(c2c(=O)[nH]1)CCC(C)C3. The molecule has 3 aromatic rings. The van der Waals surface area contributed by atoms with Gasteiger partial charge in [-0.15, -0.1) is 11.3 Å². The lowest BCUT2D eigenvalue weighted by Gasteiger charge is -2.17. The number of halogens is 1. The number of aromatic amines is 1. The molecule has 1 aromatic carbocycles. The Labute approximate surface area is 158 Å². The molecule has 4 rings (SSSR count). The fourth-order valence-electron chi connectivity index (χ4n) is 3.45. The molecule has 0 bridgehead atoms. The van der Waals surface area contributed by atoms with E-state index in [1.165, 1.54) is 10.4 Å². The molecule has 0 fully saturated rings. The van der Waals surface area contributed by atoms with Gasteiger partial charge in [-0.05, 0) is 55.9 Å². The molecule has 6 heteroatoms. The van der Waals surface area contributed by atoms with E-state index in [-0.39, 0.29) is 5.56 Å². The molecule has 0 radical (unpaired) electrons. The summed E-state index contributed by atoms with van der Waals surface area (Å²) in [5.74, 6) is 1.96. The quantitative estimate of drug-likeness (QED) is 0.655. The number of thiophene rings is 1. The van der Waals surface area contributed by atoms with Gasteiger partial charge in [-0.2, -0.15) is 0 Å². The standard InChI is InChI=1S/C19H19BrN2O2S/c1-3-24-14-7-5-11(20)9-13(14)17-21-18(23)16-12-6-4-10(2)8-15(12)25-19(16)22-17/h5,7,9-10H,3-4,6,8H2,1-2H3,(H,21,22,23). The molecule has 1 N–H and O–H groups in total. The first-order valence-electron chi connectivity index (χ1n) is 8.54. The van der Waals surface area contributed by atoms with E-state index in [0.717, 1.165) is 45.3 Å². The Bertz CT molecular complexity index is 1010. The number of nitrogens with one attached hydrogen (secondary N) is 1. The average molecular weight is 419 g/mol. The van der Waals surface area contributed by atoms with E-state index in [9.17, 15) is 4.79 Å². The minimum atomic E-state index is -0.0468. The summed E-state index contributed by atoms with van der Waals surface area (Å²) in [4.78, 5) is 22.7. The van der Waals surface area contributed by atoms with Crippen LogP contribution in [0.25, 0.3) is 21.6 Å². The van der Waals surface area contributed by atoms with E-state index in [1.54, 1.807) is 11.3 Å². The highest BCUT2D eigenvalue weighted by Crippen LogP contribution is 2.37. The molecule has 0 aliphatic heterocycles. The van der Waals surface area contributed by atoms with Crippen LogP contribution in [0.5, 0.6) is 5.75 Å². The van der Waals surface area contributed by atoms with Gasteiger partial charge < -0.3 is 9.72 Å². The molecule has 1 unspecified atom stereocenters. The summed E-state index contributed by atoms with van der Waals surface area (Å²) in [5.41, 5.74) is 1.96. The van der Waals surface area contributed by atoms with Crippen LogP contribution in [0.1, 0.15) is 30.7 Å². The monoisotopic (exact) mass is 418 g/mol. The summed E-state index contributed by atoms with van der Waals surface area (Å²) in [6.07, 6.45) is 3.16. The zero-order chi connectivity index (χ0) is 17.6. The van der Waals surface area contributed by atoms with Gasteiger partial charge in [-0.25, -0.2) is 4.98 Å². The maximum atomic E-state index is 12.8. The number of H-pyrrole nitrogens is 1. The van der Waals surface area contributed by atoms with E-state index in [2.05, 4.69) is 27.8 Å². The molecule has 1 atom stereocenters. The minimum Gasteiger partial charge on any atom is -0.493 e. The van der Waals surface area contributed by atoms with E-state index >= 15 is 0 Å². The van der Waals surface area contributed by atoms with Crippen LogP contribution in [-0.2, 0) is 12.8 Å². The third-order valence-corrected chi connectivity index (χ3v) is 6.30. The molecule has 2 heterocycles. The molecular formula is C19H19BrN2O2S. The number of aryl methyl sites for hydroxylation is 1. The molecule has 0 saturated heterocycles. The molecule has 0 amide bonds. The number of fused-ring (bicyclic) bond motifs is 3. The third kappa shape index (κ3) is 3.02. The predicted octanol–water partition coefficient (Wildman–Crippen LogP) is 4.94. The first kappa shape index (κ1) is 16.8. The Morgan fingerprint density at radius 3 is 3.08 bits per heavy atom. The van der Waals surface area contributed by atoms with Gasteiger partial charge >= 0.3 is 0 Å². The lowest BCUT2D eigenvalue weighted by Crippen LogP contribution is -2.13. The number of hydrogen-bond donors (Lipinski definition) is 1. The van der Waals surface area contributed by atoms with Crippen molar-refractivity contribution in [3.63, 3.8) is 0 Å². The molecule has 25 heavy (non-hydrogen) atoms. The Hall–Kier alpha value is -1.66. The number of hydrogen-bond acceptors (Lipinski definition) is 4. The van der Waals surface area contributed by atoms with Crippen molar-refractivity contribution in [2.24, 2.45) is 5.92 Å². The van der Waals surface area contributed by atoms with Gasteiger partial charge in [-0.3, -0.25) is 4.79 Å². The summed E-state index contributed by atoms with van der Waals surface area (Å²) < 4.78 is 6.64. The van der Waals surface area contributed by atoms with Crippen LogP contribution in [0.15, 0.2) is 27.5 Å². The van der Waals surface area contributed by atoms with Crippen LogP contribution in [0.4, 0.5) is 0 Å². The van der Waals surface area contributed by atoms with Crippen molar-refractivity contribution in [3.05, 3.63) is 43.5 Å². The molecule has 2 aromatic heterocycles. The Morgan fingerprint density at radius 1 is 1.44 bits per heavy atom. The topological polar surface area (TPSA) is 55.0 Å². The smallest absolute Gasteiger partial charge is 0.260 e. The van der Waals surface area contributed by atoms with Crippen LogP contribution in [-0.4, -0.2) is 16.6 Å². The highest BCUT2D eigenvalue weighted by molar-refractivity contribution is 9.10. The molecule has 0 saturated carbocycles. The summed E-state index contributed by atoms with van der Waals surface area (Å²) >= 11 is 5.16. The molecule has 130 valence electrons. The van der Waals surface area contributed by atoms with Crippen LogP contribution < -0.4 is 10.3 Å². The maximum Gasteiger partial charge on any atom is 0.260 e. The van der Waals surface area contributed by atoms with Crippen molar-refractivity contribution < 1.29 is 4.74 Å². The van der Waals surface area contributed by atoms with E-state index in [1.807, 2.05) is 25.1 Å². The third-order valence-electron chi connectivity index (χ3n) is 4.66. The zero-order valence-corrected chi connectivity index (χ0v) is 16.6. The van der Waals surface area contributed by atoms with Crippen molar-refractivity contribution in [2.75, 3.05) is 6.61 Å². The fraction of sp³-hybridized carbons (Fsp3) is 0.368. The van der Waals surface area contributed by atoms with Crippen molar-refractivity contribution in [1.82, 2.24) is 9.97 Å². The number of nitrogens with zero attached hydrogens (tertiary/aromatic N) is 1. The van der Waals surface area contributed by atoms with Gasteiger partial charge in [0.15, 0.2) is 0 Å². The van der Waals surface area contributed by atoms with Crippen molar-refractivity contribution in [3.8, 4) is 17.1 Å². The van der Waals surface area contributed by atoms with Crippen LogP contribution in [0.2, 0.25) is 0 Å². The molecular weight excluding hydrogens is 400 g/mol. The van der Waals surface area contributed by atoms with Gasteiger partial charge in [0, 0.05) is 9.35 Å². The lowest BCUT2D eigenvalue weighted by molar-refractivity contribution is 0.341. The Balaban J connectivity index is 1.91. The van der Waals surface area contributed by atoms with E-state index in [4.69, 9.17) is 9.72 Å². The second-order valence-corrected chi connectivity index (χ2v) is 8.52. The maximum absolute atomic E-state index is 12.8. The van der Waals surface area contributed by atoms with Gasteiger partial charge in [0.25, 0.3) is 5.56 Å². The first-order valence-corrected chi connectivity index (χ1v) is 10.1. The summed E-state index contributed by atoms with van der Waals surface area (Å²) in [6.45, 7) is 4.78. The molecule has 4 nitrogen and oxygen atoms in total. The number of rotatable bonds is 3. The fourth-order valence-corrected chi connectivity index (χ4v) is 5.19. The van der Waals surface area contributed by atoms with E-state index in [0.29, 0.717) is 18.3 Å². The normalized spacial score (nSPS) is 16.8. The van der Waals surface area contributed by atoms with Crippen molar-refractivity contribution in [2.45, 2.75) is 33.1 Å². The molecule has 0 spiro atoms. The number of ether oxygens (including phenoxy) is 1. The predicted molar refractivity (Wildman–Crippen MR) is 106 cm³/mol. The second-order valence-electron chi connectivity index (χ2n) is 6.52. The minimum absolute atomic E-state index is 0.0468. The van der Waals surface area contributed by atoms with Gasteiger partial charge in [0.2, 0.25) is 0 Å². The van der Waals surface area contributed by atoms with Gasteiger partial charge in [-0.1, -0.05) is 22.9 Å². The van der Waals surface area contributed by atoms with Crippen LogP contribution >= 0.6 is 27.3 Å². The molecule has 1 aliphatic carbocycles. The van der Waals surface area contributed by atoms with Gasteiger partial charge in [0.05, 0.1) is 17.6 Å². The van der Waals surface area contributed by atoms with Crippen LogP contribution in [0.3, 0.4) is 0 Å². The average Bonchev–Trinajstić information content (AvgIpc) is 2.94. The van der Waals surface area contributed by atoms with Crippen LogP contribution in [0, 0.1) is 5.92 Å². The molecule has 1 aliphatic rings. The Morgan fingerprint density at radius 2 is 2.28 bits per heavy atom. The van der Waals surface area contributed by atoms with E-state index < -0.39 is 0 Å². The summed E-state index contributed by atoms with van der Waals surface area (Å²) in [5, 5.41) is 0.781. The number of aromatic nitrogens is 2. The van der Waals surface area contributed by atoms with Crippen molar-refractivity contribution in [1.29, 1.82) is 0 Å². The highest BCUT2D eigenvalue weighted by Gasteiger charge is 2.23. The summed E-state index contributed by atoms with van der Waals surface area (Å²) in [6, 6.07) is 5.76. The largest absolute Gasteiger partial charge is 0.493 e. The first-order chi connectivity index (χ1) is 12.1. The second kappa shape index (κ2) is 6.57. The zero-order valence-electron chi connectivity index (χ0n) is 14.2. The van der Waals surface area contributed by atoms with Crippen molar-refractivity contribution >= 4 is 37.5 Å².